The van der Waals surface area contributed by atoms with Crippen LogP contribution in [0.5, 0.6) is 0 Å². The van der Waals surface area contributed by atoms with Gasteiger partial charge in [0.1, 0.15) is 0 Å². The van der Waals surface area contributed by atoms with Crippen LogP contribution in [0.25, 0.3) is 0 Å². The maximum atomic E-state index is 5.55. The molecule has 0 aliphatic heterocycles. The molecule has 1 heteroatoms. The van der Waals surface area contributed by atoms with Gasteiger partial charge in [0.2, 0.25) is 0 Å². The van der Waals surface area contributed by atoms with Gasteiger partial charge in [-0.05, 0) is 26.2 Å². The molecule has 0 saturated carbocycles. The average Bonchev–Trinajstić information content (AvgIpc) is 2.03. The molecule has 0 aromatic heterocycles. The minimum Gasteiger partial charge on any atom is -0.127 e. The molecule has 0 radical (unpaired) electrons. The first kappa shape index (κ1) is 11.0. The largest absolute Gasteiger partial charge is 0.127 e. The van der Waals surface area contributed by atoms with Crippen molar-refractivity contribution in [2.24, 2.45) is 0 Å². The molecule has 0 atom stereocenters. The van der Waals surface area contributed by atoms with Crippen molar-refractivity contribution in [1.82, 2.24) is 0 Å². The summed E-state index contributed by atoms with van der Waals surface area (Å²) in [6, 6.07) is 0. The fourth-order valence-electron chi connectivity index (χ4n) is 1.05. The van der Waals surface area contributed by atoms with Gasteiger partial charge in [0.25, 0.3) is 0 Å². The first-order valence-electron chi connectivity index (χ1n) is 4.59. The first-order chi connectivity index (χ1) is 5.41. The summed E-state index contributed by atoms with van der Waals surface area (Å²) in [6.45, 7) is 2.08. The van der Waals surface area contributed by atoms with Crippen LogP contribution in [0.1, 0.15) is 45.4 Å². The Morgan fingerprint density at radius 2 is 1.64 bits per heavy atom. The van der Waals surface area contributed by atoms with Crippen molar-refractivity contribution in [3.8, 4) is 0 Å². The summed E-state index contributed by atoms with van der Waals surface area (Å²) in [5.74, 6) is 0.828. The zero-order valence-electron chi connectivity index (χ0n) is 7.48. The number of unbranched alkanes of at least 4 members (excludes halogenated alkanes) is 5. The van der Waals surface area contributed by atoms with Gasteiger partial charge in [-0.2, -0.15) is 0 Å². The highest BCUT2D eigenvalue weighted by Crippen LogP contribution is 2.06. The first-order valence-corrected chi connectivity index (χ1v) is 5.12. The molecule has 11 heavy (non-hydrogen) atoms. The lowest BCUT2D eigenvalue weighted by atomic mass is 10.1. The number of hydrogen-bond donors (Lipinski definition) is 0. The zero-order valence-corrected chi connectivity index (χ0v) is 8.24. The van der Waals surface area contributed by atoms with E-state index in [1.807, 2.05) is 0 Å². The molecule has 0 aliphatic rings. The topological polar surface area (TPSA) is 0 Å². The number of alkyl halides is 1. The van der Waals surface area contributed by atoms with Crippen molar-refractivity contribution >= 4 is 11.6 Å². The molecule has 0 aliphatic carbocycles. The Bertz CT molecular complexity index is 86.9. The van der Waals surface area contributed by atoms with E-state index in [0.29, 0.717) is 0 Å². The van der Waals surface area contributed by atoms with Crippen LogP contribution in [0.15, 0.2) is 12.2 Å². The van der Waals surface area contributed by atoms with E-state index in [4.69, 9.17) is 11.6 Å². The molecule has 0 saturated heterocycles. The summed E-state index contributed by atoms with van der Waals surface area (Å²) in [4.78, 5) is 0. The molecule has 0 spiro atoms. The van der Waals surface area contributed by atoms with Gasteiger partial charge in [0.05, 0.1) is 0 Å². The molecule has 0 aromatic carbocycles. The third-order valence-electron chi connectivity index (χ3n) is 1.74. The monoisotopic (exact) mass is 174 g/mol. The van der Waals surface area contributed by atoms with Crippen LogP contribution in [0.3, 0.4) is 0 Å². The van der Waals surface area contributed by atoms with Crippen molar-refractivity contribution in [2.75, 3.05) is 5.88 Å². The molecule has 0 nitrogen and oxygen atoms in total. The fourth-order valence-corrected chi connectivity index (χ4v) is 1.24. The zero-order chi connectivity index (χ0) is 8.36. The van der Waals surface area contributed by atoms with Crippen LogP contribution in [0.4, 0.5) is 0 Å². The molecule has 0 aromatic rings. The Balaban J connectivity index is 2.79. The minimum absolute atomic E-state index is 0.828. The van der Waals surface area contributed by atoms with E-state index in [1.54, 1.807) is 0 Å². The standard InChI is InChI=1S/C10H19Cl/c1-2-3-4-5-6-7-8-9-10-11/h2-3H,4-10H2,1H3. The summed E-state index contributed by atoms with van der Waals surface area (Å²) in [5, 5.41) is 0. The van der Waals surface area contributed by atoms with E-state index in [0.717, 1.165) is 5.88 Å². The summed E-state index contributed by atoms with van der Waals surface area (Å²) in [6.07, 6.45) is 12.2. The highest BCUT2D eigenvalue weighted by atomic mass is 35.5. The van der Waals surface area contributed by atoms with Crippen LogP contribution in [-0.2, 0) is 0 Å². The molecule has 0 bridgehead atoms. The molecule has 0 heterocycles. The molecular formula is C10H19Cl. The van der Waals surface area contributed by atoms with E-state index in [-0.39, 0.29) is 0 Å². The Morgan fingerprint density at radius 1 is 1.00 bits per heavy atom. The number of rotatable bonds is 7. The Hall–Kier alpha value is 0.0300. The Kier molecular flexibility index (Phi) is 10.1. The molecule has 0 N–H and O–H groups in total. The maximum Gasteiger partial charge on any atom is 0.0223 e. The van der Waals surface area contributed by atoms with Crippen LogP contribution < -0.4 is 0 Å². The van der Waals surface area contributed by atoms with Gasteiger partial charge in [0.15, 0.2) is 0 Å². The highest BCUT2D eigenvalue weighted by Gasteiger charge is 1.87. The normalized spacial score (nSPS) is 11.1. The van der Waals surface area contributed by atoms with Crippen molar-refractivity contribution in [3.05, 3.63) is 12.2 Å². The third kappa shape index (κ3) is 10.0. The SMILES string of the molecule is CC=CCCCCCCCCl. The molecule has 0 amide bonds. The van der Waals surface area contributed by atoms with Crippen LogP contribution in [0.2, 0.25) is 0 Å². The van der Waals surface area contributed by atoms with E-state index < -0.39 is 0 Å². The second-order valence-electron chi connectivity index (χ2n) is 2.81. The Morgan fingerprint density at radius 3 is 2.27 bits per heavy atom. The predicted molar refractivity (Wildman–Crippen MR) is 53.2 cm³/mol. The third-order valence-corrected chi connectivity index (χ3v) is 2.01. The van der Waals surface area contributed by atoms with Gasteiger partial charge in [-0.25, -0.2) is 0 Å². The van der Waals surface area contributed by atoms with Crippen molar-refractivity contribution in [3.63, 3.8) is 0 Å². The number of hydrogen-bond acceptors (Lipinski definition) is 0. The van der Waals surface area contributed by atoms with Gasteiger partial charge in [-0.1, -0.05) is 31.4 Å². The maximum absolute atomic E-state index is 5.55. The summed E-state index contributed by atoms with van der Waals surface area (Å²) >= 11 is 5.55. The fraction of sp³-hybridized carbons (Fsp3) is 0.800. The quantitative estimate of drug-likeness (QED) is 0.309. The molecular weight excluding hydrogens is 156 g/mol. The molecule has 0 fully saturated rings. The predicted octanol–water partition coefficient (Wildman–Crippen LogP) is 4.14. The van der Waals surface area contributed by atoms with Crippen molar-refractivity contribution < 1.29 is 0 Å². The van der Waals surface area contributed by atoms with Gasteiger partial charge in [0, 0.05) is 5.88 Å². The average molecular weight is 175 g/mol. The Labute approximate surface area is 75.6 Å². The summed E-state index contributed by atoms with van der Waals surface area (Å²) in [7, 11) is 0. The second-order valence-corrected chi connectivity index (χ2v) is 3.19. The molecule has 0 unspecified atom stereocenters. The van der Waals surface area contributed by atoms with Crippen LogP contribution in [0, 0.1) is 0 Å². The van der Waals surface area contributed by atoms with Gasteiger partial charge < -0.3 is 0 Å². The van der Waals surface area contributed by atoms with Gasteiger partial charge in [-0.15, -0.1) is 11.6 Å². The van der Waals surface area contributed by atoms with Gasteiger partial charge in [-0.3, -0.25) is 0 Å². The molecule has 66 valence electrons. The van der Waals surface area contributed by atoms with Crippen molar-refractivity contribution in [1.29, 1.82) is 0 Å². The van der Waals surface area contributed by atoms with Gasteiger partial charge >= 0.3 is 0 Å². The lowest BCUT2D eigenvalue weighted by molar-refractivity contribution is 0.639. The number of halogens is 1. The van der Waals surface area contributed by atoms with E-state index in [9.17, 15) is 0 Å². The van der Waals surface area contributed by atoms with E-state index in [1.165, 1.54) is 38.5 Å². The van der Waals surface area contributed by atoms with Crippen LogP contribution >= 0.6 is 11.6 Å². The lowest BCUT2D eigenvalue weighted by Crippen LogP contribution is -1.79. The van der Waals surface area contributed by atoms with E-state index in [2.05, 4.69) is 19.1 Å². The second kappa shape index (κ2) is 10.0. The van der Waals surface area contributed by atoms with Crippen molar-refractivity contribution in [2.45, 2.75) is 45.4 Å². The number of allylic oxidation sites excluding steroid dienone is 2. The molecule has 0 rings (SSSR count). The lowest BCUT2D eigenvalue weighted by Gasteiger charge is -1.96. The van der Waals surface area contributed by atoms with Crippen LogP contribution in [-0.4, -0.2) is 5.88 Å². The summed E-state index contributed by atoms with van der Waals surface area (Å²) < 4.78 is 0. The smallest absolute Gasteiger partial charge is 0.0223 e. The van der Waals surface area contributed by atoms with E-state index >= 15 is 0 Å². The minimum atomic E-state index is 0.828. The summed E-state index contributed by atoms with van der Waals surface area (Å²) in [5.41, 5.74) is 0. The highest BCUT2D eigenvalue weighted by molar-refractivity contribution is 6.17.